The molecule has 0 radical (unpaired) electrons. The first-order chi connectivity index (χ1) is 12.7. The third kappa shape index (κ3) is 2.33. The van der Waals surface area contributed by atoms with Crippen molar-refractivity contribution in [3.05, 3.63) is 65.4 Å². The van der Waals surface area contributed by atoms with Crippen molar-refractivity contribution in [1.29, 1.82) is 0 Å². The minimum absolute atomic E-state index is 0.357. The Kier molecular flexibility index (Phi) is 2.62. The van der Waals surface area contributed by atoms with Gasteiger partial charge in [-0.05, 0) is 56.1 Å². The molecular weight excluding hydrogens is 298 g/mol. The Balaban J connectivity index is 1.85. The van der Waals surface area contributed by atoms with E-state index < -0.39 is 6.85 Å². The minimum Gasteiger partial charge on any atom is -0.450 e. The highest BCUT2D eigenvalue weighted by molar-refractivity contribution is 5.69. The van der Waals surface area contributed by atoms with Gasteiger partial charge < -0.3 is 9.47 Å². The van der Waals surface area contributed by atoms with Gasteiger partial charge in [0.05, 0.1) is 5.56 Å². The second-order valence-corrected chi connectivity index (χ2v) is 6.13. The Morgan fingerprint density at radius 2 is 1.50 bits per heavy atom. The predicted molar refractivity (Wildman–Crippen MR) is 93.9 cm³/mol. The number of para-hydroxylation sites is 2. The number of nitrogens with zero attached hydrogens (tertiary/aromatic N) is 1. The predicted octanol–water partition coefficient (Wildman–Crippen LogP) is 5.00. The normalized spacial score (nSPS) is 14.4. The zero-order chi connectivity index (χ0) is 19.3. The maximum Gasteiger partial charge on any atom is 0.212 e. The molecule has 0 spiro atoms. The summed E-state index contributed by atoms with van der Waals surface area (Å²) in [5, 5.41) is 0. The van der Waals surface area contributed by atoms with Gasteiger partial charge in [-0.15, -0.1) is 0 Å². The SMILES string of the molecule is [2H]C([2H])([2H])c1cc(-c2cc3c(cc2C)Oc2ccccc2O3)[n+](C)cc1C. The van der Waals surface area contributed by atoms with Crippen LogP contribution in [0.25, 0.3) is 11.3 Å². The Morgan fingerprint density at radius 3 is 2.17 bits per heavy atom. The van der Waals surface area contributed by atoms with Crippen molar-refractivity contribution in [3.63, 3.8) is 0 Å². The van der Waals surface area contributed by atoms with Gasteiger partial charge in [0.15, 0.2) is 29.2 Å². The molecule has 0 saturated heterocycles. The summed E-state index contributed by atoms with van der Waals surface area (Å²) >= 11 is 0. The molecule has 0 bridgehead atoms. The number of hydrogen-bond donors (Lipinski definition) is 0. The van der Waals surface area contributed by atoms with Gasteiger partial charge in [-0.1, -0.05) is 12.1 Å². The molecule has 3 aromatic rings. The molecule has 0 aliphatic carbocycles. The molecule has 1 aromatic heterocycles. The lowest BCUT2D eigenvalue weighted by molar-refractivity contribution is -0.660. The van der Waals surface area contributed by atoms with Gasteiger partial charge in [-0.25, -0.2) is 4.57 Å². The van der Waals surface area contributed by atoms with Gasteiger partial charge >= 0.3 is 0 Å². The lowest BCUT2D eigenvalue weighted by Crippen LogP contribution is -2.31. The Labute approximate surface area is 146 Å². The first-order valence-electron chi connectivity index (χ1n) is 9.34. The number of pyridine rings is 1. The van der Waals surface area contributed by atoms with E-state index in [-0.39, 0.29) is 0 Å². The average Bonchev–Trinajstić information content (AvgIpc) is 2.59. The third-order valence-electron chi connectivity index (χ3n) is 4.33. The number of benzene rings is 2. The summed E-state index contributed by atoms with van der Waals surface area (Å²) in [5.74, 6) is 2.62. The molecule has 120 valence electrons. The summed E-state index contributed by atoms with van der Waals surface area (Å²) in [7, 11) is 1.91. The molecule has 0 atom stereocenters. The molecule has 1 aliphatic heterocycles. The van der Waals surface area contributed by atoms with Crippen LogP contribution in [0.3, 0.4) is 0 Å². The molecule has 3 nitrogen and oxygen atoms in total. The summed E-state index contributed by atoms with van der Waals surface area (Å²) < 4.78 is 37.3. The fourth-order valence-corrected chi connectivity index (χ4v) is 3.00. The molecule has 2 aromatic carbocycles. The third-order valence-corrected chi connectivity index (χ3v) is 4.33. The number of hydrogen-bond acceptors (Lipinski definition) is 2. The topological polar surface area (TPSA) is 22.3 Å². The Bertz CT molecular complexity index is 1060. The van der Waals surface area contributed by atoms with Crippen LogP contribution >= 0.6 is 0 Å². The van der Waals surface area contributed by atoms with Gasteiger partial charge in [0, 0.05) is 15.7 Å². The summed E-state index contributed by atoms with van der Waals surface area (Å²) in [4.78, 5) is 0. The van der Waals surface area contributed by atoms with Gasteiger partial charge in [-0.2, -0.15) is 0 Å². The van der Waals surface area contributed by atoms with Crippen LogP contribution in [0.15, 0.2) is 48.7 Å². The van der Waals surface area contributed by atoms with Gasteiger partial charge in [0.1, 0.15) is 7.05 Å². The van der Waals surface area contributed by atoms with Crippen LogP contribution in [0.2, 0.25) is 0 Å². The number of ether oxygens (including phenoxy) is 2. The second kappa shape index (κ2) is 5.38. The number of fused-ring (bicyclic) bond motifs is 2. The first kappa shape index (κ1) is 11.7. The Morgan fingerprint density at radius 1 is 0.833 bits per heavy atom. The van der Waals surface area contributed by atoms with Crippen molar-refractivity contribution in [3.8, 4) is 34.3 Å². The van der Waals surface area contributed by atoms with E-state index in [1.54, 1.807) is 6.07 Å². The van der Waals surface area contributed by atoms with Crippen LogP contribution in [-0.2, 0) is 7.05 Å². The van der Waals surface area contributed by atoms with E-state index in [0.29, 0.717) is 28.6 Å². The maximum atomic E-state index is 7.81. The average molecular weight is 321 g/mol. The molecule has 1 aliphatic rings. The Hall–Kier alpha value is -2.81. The zero-order valence-electron chi connectivity index (χ0n) is 16.9. The van der Waals surface area contributed by atoms with Crippen LogP contribution in [0, 0.1) is 20.7 Å². The summed E-state index contributed by atoms with van der Waals surface area (Å²) in [6.45, 7) is 1.64. The molecule has 0 unspecified atom stereocenters. The summed E-state index contributed by atoms with van der Waals surface area (Å²) in [6, 6.07) is 13.1. The zero-order valence-corrected chi connectivity index (χ0v) is 13.9. The quantitative estimate of drug-likeness (QED) is 0.460. The molecule has 2 heterocycles. The smallest absolute Gasteiger partial charge is 0.212 e. The van der Waals surface area contributed by atoms with E-state index in [2.05, 4.69) is 0 Å². The van der Waals surface area contributed by atoms with Gasteiger partial charge in [0.2, 0.25) is 5.69 Å². The van der Waals surface area contributed by atoms with E-state index in [4.69, 9.17) is 13.6 Å². The minimum atomic E-state index is -2.16. The maximum absolute atomic E-state index is 7.81. The fourth-order valence-electron chi connectivity index (χ4n) is 3.00. The lowest BCUT2D eigenvalue weighted by Gasteiger charge is -2.21. The lowest BCUT2D eigenvalue weighted by atomic mass is 10.0. The molecule has 0 fully saturated rings. The van der Waals surface area contributed by atoms with Crippen LogP contribution in [-0.4, -0.2) is 0 Å². The number of aryl methyl sites for hydroxylation is 4. The standard InChI is InChI=1S/C21H20NO2/c1-13-9-17(22(4)12-15(13)3)16-11-21-20(10-14(16)2)23-18-7-5-6-8-19(18)24-21/h5-12H,1-4H3/q+1/i1D3. The molecule has 4 rings (SSSR count). The first-order valence-corrected chi connectivity index (χ1v) is 7.84. The van der Waals surface area contributed by atoms with Crippen LogP contribution in [0.4, 0.5) is 0 Å². The van der Waals surface area contributed by atoms with E-state index >= 15 is 0 Å². The van der Waals surface area contributed by atoms with E-state index in [9.17, 15) is 0 Å². The molecule has 3 heteroatoms. The van der Waals surface area contributed by atoms with Crippen LogP contribution < -0.4 is 14.0 Å². The van der Waals surface area contributed by atoms with Crippen molar-refractivity contribution in [2.75, 3.05) is 0 Å². The van der Waals surface area contributed by atoms with Gasteiger partial charge in [0.25, 0.3) is 0 Å². The number of aromatic nitrogens is 1. The largest absolute Gasteiger partial charge is 0.450 e. The molecular formula is C21H20NO2+. The van der Waals surface area contributed by atoms with Crippen molar-refractivity contribution >= 4 is 0 Å². The van der Waals surface area contributed by atoms with E-state index in [1.165, 1.54) is 0 Å². The molecule has 0 amide bonds. The van der Waals surface area contributed by atoms with E-state index in [1.807, 2.05) is 68.1 Å². The molecule has 24 heavy (non-hydrogen) atoms. The van der Waals surface area contributed by atoms with Crippen LogP contribution in [0.1, 0.15) is 20.8 Å². The highest BCUT2D eigenvalue weighted by Crippen LogP contribution is 2.47. The number of rotatable bonds is 1. The fraction of sp³-hybridized carbons (Fsp3) is 0.190. The molecule has 0 N–H and O–H groups in total. The van der Waals surface area contributed by atoms with Crippen molar-refractivity contribution < 1.29 is 18.2 Å². The highest BCUT2D eigenvalue weighted by Gasteiger charge is 2.23. The van der Waals surface area contributed by atoms with Crippen molar-refractivity contribution in [1.82, 2.24) is 0 Å². The van der Waals surface area contributed by atoms with Gasteiger partial charge in [-0.3, -0.25) is 0 Å². The summed E-state index contributed by atoms with van der Waals surface area (Å²) in [6.07, 6.45) is 1.85. The van der Waals surface area contributed by atoms with Crippen LogP contribution in [0.5, 0.6) is 23.0 Å². The molecule has 0 saturated carbocycles. The second-order valence-electron chi connectivity index (χ2n) is 6.13. The van der Waals surface area contributed by atoms with E-state index in [0.717, 1.165) is 22.4 Å². The highest BCUT2D eigenvalue weighted by atomic mass is 16.6. The van der Waals surface area contributed by atoms with Crippen molar-refractivity contribution in [2.45, 2.75) is 20.7 Å². The summed E-state index contributed by atoms with van der Waals surface area (Å²) in [5.41, 5.74) is 3.80. The van der Waals surface area contributed by atoms with Crippen molar-refractivity contribution in [2.24, 2.45) is 7.05 Å². The monoisotopic (exact) mass is 321 g/mol.